The molecule has 2 N–H and O–H groups in total. The maximum absolute atomic E-state index is 12.4. The predicted molar refractivity (Wildman–Crippen MR) is 189 cm³/mol. The number of phosphoric ester groups is 1. The molecule has 0 aromatic heterocycles. The maximum Gasteiger partial charge on any atom is 0.469 e. The lowest BCUT2D eigenvalue weighted by Gasteiger charge is -2.18. The van der Waals surface area contributed by atoms with E-state index in [0.29, 0.717) is 6.42 Å². The Hall–Kier alpha value is -0.950. The van der Waals surface area contributed by atoms with Crippen LogP contribution in [0.5, 0.6) is 0 Å². The van der Waals surface area contributed by atoms with Crippen LogP contribution in [0.1, 0.15) is 206 Å². The van der Waals surface area contributed by atoms with E-state index >= 15 is 0 Å². The van der Waals surface area contributed by atoms with Crippen LogP contribution in [0.3, 0.4) is 0 Å². The van der Waals surface area contributed by atoms with Gasteiger partial charge in [0, 0.05) is 12.8 Å². The summed E-state index contributed by atoms with van der Waals surface area (Å²) in [6.45, 7) is 3.69. The van der Waals surface area contributed by atoms with Crippen molar-refractivity contribution in [2.45, 2.75) is 213 Å². The van der Waals surface area contributed by atoms with E-state index in [1.54, 1.807) is 0 Å². The summed E-state index contributed by atoms with van der Waals surface area (Å²) in [5, 5.41) is 0. The summed E-state index contributed by atoms with van der Waals surface area (Å²) in [4.78, 5) is 42.7. The van der Waals surface area contributed by atoms with E-state index < -0.39 is 32.5 Å². The molecule has 274 valence electrons. The average Bonchev–Trinajstić information content (AvgIpc) is 3.02. The molecule has 1 unspecified atom stereocenters. The zero-order valence-corrected chi connectivity index (χ0v) is 30.9. The molecule has 0 aliphatic carbocycles. The zero-order chi connectivity index (χ0) is 34.0. The molecule has 1 atom stereocenters. The lowest BCUT2D eigenvalue weighted by molar-refractivity contribution is -0.161. The van der Waals surface area contributed by atoms with Crippen LogP contribution in [-0.2, 0) is 28.2 Å². The Morgan fingerprint density at radius 3 is 1.11 bits per heavy atom. The molecule has 0 aromatic rings. The molecule has 0 bridgehead atoms. The first kappa shape index (κ1) is 45.0. The van der Waals surface area contributed by atoms with Gasteiger partial charge in [-0.1, -0.05) is 181 Å². The first-order valence-electron chi connectivity index (χ1n) is 19.3. The maximum atomic E-state index is 12.4. The molecule has 0 aromatic carbocycles. The van der Waals surface area contributed by atoms with Gasteiger partial charge in [-0.15, -0.1) is 0 Å². The van der Waals surface area contributed by atoms with Gasteiger partial charge in [-0.3, -0.25) is 14.1 Å². The van der Waals surface area contributed by atoms with Crippen molar-refractivity contribution in [2.75, 3.05) is 13.2 Å². The average molecular weight is 677 g/mol. The molecule has 8 nitrogen and oxygen atoms in total. The fourth-order valence-corrected chi connectivity index (χ4v) is 6.09. The Balaban J connectivity index is 3.90. The summed E-state index contributed by atoms with van der Waals surface area (Å²) in [5.41, 5.74) is 0. The minimum atomic E-state index is -4.74. The van der Waals surface area contributed by atoms with Gasteiger partial charge in [-0.2, -0.15) is 0 Å². The number of hydrogen-bond donors (Lipinski definition) is 2. The van der Waals surface area contributed by atoms with Crippen LogP contribution in [-0.4, -0.2) is 41.0 Å². The van der Waals surface area contributed by atoms with Gasteiger partial charge in [0.2, 0.25) is 0 Å². The Morgan fingerprint density at radius 2 is 0.783 bits per heavy atom. The third-order valence-corrected chi connectivity index (χ3v) is 9.11. The van der Waals surface area contributed by atoms with E-state index in [1.807, 2.05) is 0 Å². The SMILES string of the molecule is CCCCCCCCCCCCCCCCCCC(=O)OC(COC(=O)CCCCCCCCCCCCCC)COP(=O)(O)O. The number of carbonyl (C=O) groups excluding carboxylic acids is 2. The summed E-state index contributed by atoms with van der Waals surface area (Å²) in [7, 11) is -4.74. The molecule has 9 heteroatoms. The molecule has 0 rings (SSSR count). The number of ether oxygens (including phenoxy) is 2. The van der Waals surface area contributed by atoms with Crippen LogP contribution in [0.4, 0.5) is 0 Å². The fourth-order valence-electron chi connectivity index (χ4n) is 5.73. The second kappa shape index (κ2) is 33.9. The quantitative estimate of drug-likeness (QED) is 0.0382. The van der Waals surface area contributed by atoms with E-state index in [2.05, 4.69) is 18.4 Å². The van der Waals surface area contributed by atoms with Crippen LogP contribution in [0.15, 0.2) is 0 Å². The van der Waals surface area contributed by atoms with E-state index in [1.165, 1.54) is 141 Å². The minimum Gasteiger partial charge on any atom is -0.462 e. The molecule has 0 fully saturated rings. The number of unbranched alkanes of at least 4 members (excludes halogenated alkanes) is 26. The summed E-state index contributed by atoms with van der Waals surface area (Å²) < 4.78 is 26.3. The van der Waals surface area contributed by atoms with Crippen LogP contribution in [0, 0.1) is 0 Å². The van der Waals surface area contributed by atoms with E-state index in [9.17, 15) is 14.2 Å². The highest BCUT2D eigenvalue weighted by Crippen LogP contribution is 2.36. The zero-order valence-electron chi connectivity index (χ0n) is 30.0. The number of phosphoric acid groups is 1. The first-order valence-corrected chi connectivity index (χ1v) is 20.9. The van der Waals surface area contributed by atoms with Gasteiger partial charge in [-0.05, 0) is 12.8 Å². The first-order chi connectivity index (χ1) is 22.3. The van der Waals surface area contributed by atoms with Gasteiger partial charge >= 0.3 is 19.8 Å². The standard InChI is InChI=1S/C37H73O8P/c1-3-5-7-9-11-13-15-17-18-19-20-22-24-26-28-30-32-37(39)45-35(34-44-46(40,41)42)33-43-36(38)31-29-27-25-23-21-16-14-12-10-8-6-4-2/h35H,3-34H2,1-2H3,(H2,40,41,42). The Morgan fingerprint density at radius 1 is 0.478 bits per heavy atom. The number of rotatable bonds is 36. The lowest BCUT2D eigenvalue weighted by Crippen LogP contribution is -2.29. The van der Waals surface area contributed by atoms with Crippen LogP contribution in [0.25, 0.3) is 0 Å². The van der Waals surface area contributed by atoms with Crippen molar-refractivity contribution in [1.82, 2.24) is 0 Å². The van der Waals surface area contributed by atoms with Crippen molar-refractivity contribution in [2.24, 2.45) is 0 Å². The van der Waals surface area contributed by atoms with E-state index in [-0.39, 0.29) is 19.4 Å². The minimum absolute atomic E-state index is 0.220. The topological polar surface area (TPSA) is 119 Å². The molecule has 0 amide bonds. The van der Waals surface area contributed by atoms with Gasteiger partial charge in [-0.25, -0.2) is 4.57 Å². The Labute approximate surface area is 283 Å². The van der Waals surface area contributed by atoms with Gasteiger partial charge < -0.3 is 19.3 Å². The molecular formula is C37H73O8P. The molecule has 0 spiro atoms. The molecule has 0 aliphatic rings. The third-order valence-electron chi connectivity index (χ3n) is 8.63. The smallest absolute Gasteiger partial charge is 0.462 e. The molecule has 0 radical (unpaired) electrons. The third kappa shape index (κ3) is 35.9. The summed E-state index contributed by atoms with van der Waals surface area (Å²) in [6, 6.07) is 0. The second-order valence-corrected chi connectivity index (χ2v) is 14.5. The van der Waals surface area contributed by atoms with Gasteiger partial charge in [0.05, 0.1) is 6.61 Å². The highest BCUT2D eigenvalue weighted by molar-refractivity contribution is 7.46. The van der Waals surface area contributed by atoms with Crippen LogP contribution in [0.2, 0.25) is 0 Å². The van der Waals surface area contributed by atoms with Crippen LogP contribution < -0.4 is 0 Å². The van der Waals surface area contributed by atoms with Crippen molar-refractivity contribution >= 4 is 19.8 Å². The summed E-state index contributed by atoms with van der Waals surface area (Å²) in [6.07, 6.45) is 33.9. The van der Waals surface area contributed by atoms with E-state index in [0.717, 1.165) is 32.1 Å². The van der Waals surface area contributed by atoms with Crippen LogP contribution >= 0.6 is 7.82 Å². The predicted octanol–water partition coefficient (Wildman–Crippen LogP) is 11.3. The van der Waals surface area contributed by atoms with Crippen molar-refractivity contribution in [3.05, 3.63) is 0 Å². The molecular weight excluding hydrogens is 603 g/mol. The number of carbonyl (C=O) groups is 2. The number of hydrogen-bond acceptors (Lipinski definition) is 6. The largest absolute Gasteiger partial charge is 0.469 e. The van der Waals surface area contributed by atoms with Gasteiger partial charge in [0.25, 0.3) is 0 Å². The van der Waals surface area contributed by atoms with Crippen molar-refractivity contribution in [3.8, 4) is 0 Å². The monoisotopic (exact) mass is 677 g/mol. The highest BCUT2D eigenvalue weighted by Gasteiger charge is 2.22. The summed E-state index contributed by atoms with van der Waals surface area (Å²) in [5.74, 6) is -0.871. The fraction of sp³-hybridized carbons (Fsp3) is 0.946. The number of esters is 2. The van der Waals surface area contributed by atoms with Crippen molar-refractivity contribution in [1.29, 1.82) is 0 Å². The molecule has 46 heavy (non-hydrogen) atoms. The highest BCUT2D eigenvalue weighted by atomic mass is 31.2. The molecule has 0 saturated carbocycles. The summed E-state index contributed by atoms with van der Waals surface area (Å²) >= 11 is 0. The lowest BCUT2D eigenvalue weighted by atomic mass is 10.0. The van der Waals surface area contributed by atoms with Gasteiger partial charge in [0.1, 0.15) is 6.61 Å². The van der Waals surface area contributed by atoms with Gasteiger partial charge in [0.15, 0.2) is 6.10 Å². The normalized spacial score (nSPS) is 12.3. The molecule has 0 saturated heterocycles. The Bertz CT molecular complexity index is 726. The Kier molecular flexibility index (Phi) is 33.2. The molecule has 0 aliphatic heterocycles. The van der Waals surface area contributed by atoms with E-state index in [4.69, 9.17) is 19.3 Å². The second-order valence-electron chi connectivity index (χ2n) is 13.3. The van der Waals surface area contributed by atoms with Crippen molar-refractivity contribution < 1.29 is 37.9 Å². The molecule has 0 heterocycles. The van der Waals surface area contributed by atoms with Crippen molar-refractivity contribution in [3.63, 3.8) is 0 Å².